The molecule has 3 nitrogen and oxygen atoms in total. The number of benzene rings is 2. The summed E-state index contributed by atoms with van der Waals surface area (Å²) in [7, 11) is 3.14. The molecule has 0 bridgehead atoms. The highest BCUT2D eigenvalue weighted by Gasteiger charge is 2.27. The minimum absolute atomic E-state index is 0.576. The second kappa shape index (κ2) is 5.73. The van der Waals surface area contributed by atoms with Crippen molar-refractivity contribution in [3.8, 4) is 11.5 Å². The SMILES string of the molecule is COc1ccc(C(C)(O)c2cccc(Cl)c2)cc1OC. The molecule has 0 radical (unpaired) electrons. The van der Waals surface area contributed by atoms with E-state index in [-0.39, 0.29) is 0 Å². The lowest BCUT2D eigenvalue weighted by Crippen LogP contribution is -2.22. The molecule has 2 aromatic carbocycles. The predicted molar refractivity (Wildman–Crippen MR) is 79.7 cm³/mol. The first-order valence-electron chi connectivity index (χ1n) is 6.20. The number of methoxy groups -OCH3 is 2. The highest BCUT2D eigenvalue weighted by molar-refractivity contribution is 6.30. The molecule has 0 aliphatic carbocycles. The Morgan fingerprint density at radius 3 is 2.20 bits per heavy atom. The molecule has 106 valence electrons. The number of rotatable bonds is 4. The molecule has 20 heavy (non-hydrogen) atoms. The topological polar surface area (TPSA) is 38.7 Å². The van der Waals surface area contributed by atoms with Gasteiger partial charge in [-0.15, -0.1) is 0 Å². The van der Waals surface area contributed by atoms with Gasteiger partial charge in [0.1, 0.15) is 5.60 Å². The summed E-state index contributed by atoms with van der Waals surface area (Å²) in [6.45, 7) is 1.72. The summed E-state index contributed by atoms with van der Waals surface area (Å²) in [4.78, 5) is 0. The molecule has 0 aliphatic heterocycles. The lowest BCUT2D eigenvalue weighted by molar-refractivity contribution is 0.102. The van der Waals surface area contributed by atoms with Crippen LogP contribution in [0.1, 0.15) is 18.1 Å². The van der Waals surface area contributed by atoms with Crippen LogP contribution < -0.4 is 9.47 Å². The van der Waals surface area contributed by atoms with Gasteiger partial charge in [0.15, 0.2) is 11.5 Å². The Morgan fingerprint density at radius 1 is 0.950 bits per heavy atom. The highest BCUT2D eigenvalue weighted by Crippen LogP contribution is 2.36. The molecule has 1 atom stereocenters. The van der Waals surface area contributed by atoms with E-state index < -0.39 is 5.60 Å². The quantitative estimate of drug-likeness (QED) is 0.935. The Kier molecular flexibility index (Phi) is 4.21. The van der Waals surface area contributed by atoms with Gasteiger partial charge >= 0.3 is 0 Å². The molecule has 0 heterocycles. The van der Waals surface area contributed by atoms with Crippen LogP contribution in [-0.4, -0.2) is 19.3 Å². The summed E-state index contributed by atoms with van der Waals surface area (Å²) in [5.41, 5.74) is 0.263. The molecular formula is C16H17ClO3. The third kappa shape index (κ3) is 2.74. The Bertz CT molecular complexity index is 608. The Balaban J connectivity index is 2.48. The molecule has 0 aromatic heterocycles. The van der Waals surface area contributed by atoms with E-state index in [1.54, 1.807) is 45.4 Å². The van der Waals surface area contributed by atoms with Gasteiger partial charge in [-0.1, -0.05) is 29.8 Å². The van der Waals surface area contributed by atoms with Crippen molar-refractivity contribution in [2.45, 2.75) is 12.5 Å². The van der Waals surface area contributed by atoms with Crippen LogP contribution in [0.15, 0.2) is 42.5 Å². The van der Waals surface area contributed by atoms with Crippen molar-refractivity contribution in [2.75, 3.05) is 14.2 Å². The Labute approximate surface area is 123 Å². The van der Waals surface area contributed by atoms with E-state index in [0.29, 0.717) is 22.1 Å². The normalized spacial score (nSPS) is 13.7. The van der Waals surface area contributed by atoms with Crippen molar-refractivity contribution < 1.29 is 14.6 Å². The number of aliphatic hydroxyl groups is 1. The summed E-state index contributed by atoms with van der Waals surface area (Å²) >= 11 is 5.99. The molecule has 0 saturated heterocycles. The number of hydrogen-bond donors (Lipinski definition) is 1. The van der Waals surface area contributed by atoms with Crippen LogP contribution in [0.25, 0.3) is 0 Å². The summed E-state index contributed by atoms with van der Waals surface area (Å²) in [6.07, 6.45) is 0. The smallest absolute Gasteiger partial charge is 0.161 e. The van der Waals surface area contributed by atoms with Gasteiger partial charge in [0.25, 0.3) is 0 Å². The van der Waals surface area contributed by atoms with Gasteiger partial charge in [-0.25, -0.2) is 0 Å². The van der Waals surface area contributed by atoms with Crippen molar-refractivity contribution in [1.82, 2.24) is 0 Å². The van der Waals surface area contributed by atoms with Crippen molar-refractivity contribution in [1.29, 1.82) is 0 Å². The summed E-state index contributed by atoms with van der Waals surface area (Å²) in [6, 6.07) is 12.5. The second-order valence-corrected chi connectivity index (χ2v) is 5.09. The van der Waals surface area contributed by atoms with Crippen LogP contribution in [0, 0.1) is 0 Å². The lowest BCUT2D eigenvalue weighted by atomic mass is 9.88. The summed E-state index contributed by atoms with van der Waals surface area (Å²) < 4.78 is 10.5. The van der Waals surface area contributed by atoms with Crippen molar-refractivity contribution in [3.63, 3.8) is 0 Å². The molecule has 1 N–H and O–H groups in total. The average Bonchev–Trinajstić information content (AvgIpc) is 2.46. The fourth-order valence-corrected chi connectivity index (χ4v) is 2.29. The van der Waals surface area contributed by atoms with E-state index in [9.17, 15) is 5.11 Å². The van der Waals surface area contributed by atoms with Crippen molar-refractivity contribution in [3.05, 3.63) is 58.6 Å². The van der Waals surface area contributed by atoms with Gasteiger partial charge in [-0.05, 0) is 42.3 Å². The number of halogens is 1. The molecule has 0 spiro atoms. The van der Waals surface area contributed by atoms with E-state index >= 15 is 0 Å². The van der Waals surface area contributed by atoms with Gasteiger partial charge in [-0.3, -0.25) is 0 Å². The van der Waals surface area contributed by atoms with Gasteiger partial charge in [-0.2, -0.15) is 0 Å². The van der Waals surface area contributed by atoms with Crippen LogP contribution in [-0.2, 0) is 5.60 Å². The largest absolute Gasteiger partial charge is 0.493 e. The van der Waals surface area contributed by atoms with Crippen LogP contribution in [0.3, 0.4) is 0 Å². The molecule has 2 rings (SSSR count). The third-order valence-electron chi connectivity index (χ3n) is 3.33. The molecule has 4 heteroatoms. The molecular weight excluding hydrogens is 276 g/mol. The number of hydrogen-bond acceptors (Lipinski definition) is 3. The summed E-state index contributed by atoms with van der Waals surface area (Å²) in [5.74, 6) is 1.20. The van der Waals surface area contributed by atoms with Crippen molar-refractivity contribution >= 4 is 11.6 Å². The minimum atomic E-state index is -1.16. The molecule has 0 amide bonds. The van der Waals surface area contributed by atoms with Crippen molar-refractivity contribution in [2.24, 2.45) is 0 Å². The maximum atomic E-state index is 10.8. The minimum Gasteiger partial charge on any atom is -0.493 e. The zero-order valence-electron chi connectivity index (χ0n) is 11.7. The fourth-order valence-electron chi connectivity index (χ4n) is 2.10. The molecule has 0 saturated carbocycles. The average molecular weight is 293 g/mol. The monoisotopic (exact) mass is 292 g/mol. The first-order valence-corrected chi connectivity index (χ1v) is 6.57. The molecule has 0 fully saturated rings. The standard InChI is InChI=1S/C16H17ClO3/c1-16(18,11-5-4-6-13(17)9-11)12-7-8-14(19-2)15(10-12)20-3/h4-10,18H,1-3H3. The van der Waals surface area contributed by atoms with E-state index in [4.69, 9.17) is 21.1 Å². The van der Waals surface area contributed by atoms with Crippen LogP contribution in [0.5, 0.6) is 11.5 Å². The molecule has 1 unspecified atom stereocenters. The van der Waals surface area contributed by atoms with Gasteiger partial charge in [0, 0.05) is 5.02 Å². The maximum absolute atomic E-state index is 10.8. The Morgan fingerprint density at radius 2 is 1.60 bits per heavy atom. The van der Waals surface area contributed by atoms with Crippen LogP contribution in [0.4, 0.5) is 0 Å². The van der Waals surface area contributed by atoms with Gasteiger partial charge in [0.05, 0.1) is 14.2 Å². The maximum Gasteiger partial charge on any atom is 0.161 e. The Hall–Kier alpha value is -1.71. The predicted octanol–water partition coefficient (Wildman–Crippen LogP) is 3.61. The van der Waals surface area contributed by atoms with Crippen LogP contribution >= 0.6 is 11.6 Å². The van der Waals surface area contributed by atoms with Gasteiger partial charge in [0.2, 0.25) is 0 Å². The van der Waals surface area contributed by atoms with E-state index in [1.165, 1.54) is 0 Å². The summed E-state index contributed by atoms with van der Waals surface area (Å²) in [5, 5.41) is 11.4. The lowest BCUT2D eigenvalue weighted by Gasteiger charge is -2.25. The van der Waals surface area contributed by atoms with E-state index in [1.807, 2.05) is 18.2 Å². The zero-order valence-corrected chi connectivity index (χ0v) is 12.4. The fraction of sp³-hybridized carbons (Fsp3) is 0.250. The molecule has 0 aliphatic rings. The number of ether oxygens (including phenoxy) is 2. The van der Waals surface area contributed by atoms with Crippen LogP contribution in [0.2, 0.25) is 5.02 Å². The second-order valence-electron chi connectivity index (χ2n) is 4.65. The van der Waals surface area contributed by atoms with E-state index in [2.05, 4.69) is 0 Å². The first-order chi connectivity index (χ1) is 9.48. The molecule has 2 aromatic rings. The third-order valence-corrected chi connectivity index (χ3v) is 3.57. The first kappa shape index (κ1) is 14.7. The van der Waals surface area contributed by atoms with Gasteiger partial charge < -0.3 is 14.6 Å². The van der Waals surface area contributed by atoms with E-state index in [0.717, 1.165) is 5.56 Å². The zero-order chi connectivity index (χ0) is 14.8. The highest BCUT2D eigenvalue weighted by atomic mass is 35.5.